The minimum atomic E-state index is -0.520. The van der Waals surface area contributed by atoms with Crippen LogP contribution in [0.25, 0.3) is 0 Å². The number of hydrogen-bond donors (Lipinski definition) is 1. The minimum Gasteiger partial charge on any atom is -0.354 e. The number of likely N-dealkylation sites (N-methyl/N-ethyl adjacent to an activating group) is 2. The molecule has 1 aromatic carbocycles. The first-order valence-corrected chi connectivity index (χ1v) is 9.72. The smallest absolute Gasteiger partial charge is 0.193 e. The molecular formula is C20H34F2IN5. The van der Waals surface area contributed by atoms with Gasteiger partial charge in [0.05, 0.1) is 6.04 Å². The lowest BCUT2D eigenvalue weighted by Crippen LogP contribution is -2.45. The molecule has 5 nitrogen and oxygen atoms in total. The van der Waals surface area contributed by atoms with Crippen molar-refractivity contribution < 1.29 is 8.78 Å². The van der Waals surface area contributed by atoms with Crippen LogP contribution in [0.2, 0.25) is 0 Å². The highest BCUT2D eigenvalue weighted by atomic mass is 127. The summed E-state index contributed by atoms with van der Waals surface area (Å²) >= 11 is 0. The summed E-state index contributed by atoms with van der Waals surface area (Å²) in [5.41, 5.74) is 0.0906. The van der Waals surface area contributed by atoms with E-state index in [-0.39, 0.29) is 29.5 Å². The summed E-state index contributed by atoms with van der Waals surface area (Å²) in [5, 5.41) is 3.32. The predicted molar refractivity (Wildman–Crippen MR) is 122 cm³/mol. The molecule has 0 spiro atoms. The lowest BCUT2D eigenvalue weighted by molar-refractivity contribution is 0.223. The van der Waals surface area contributed by atoms with Gasteiger partial charge in [-0.05, 0) is 45.7 Å². The lowest BCUT2D eigenvalue weighted by atomic mass is 10.0. The molecule has 1 aliphatic rings. The standard InChI is InChI=1S/C20H33F2N5.HI/c1-6-26(7-2)15-11-12-27(14-15)20(23-3)24-13-18(25(4)5)19-16(21)9-8-10-17(19)22;/h8-10,15,18H,6-7,11-14H2,1-5H3,(H,23,24);1H. The van der Waals surface area contributed by atoms with Gasteiger partial charge in [0.15, 0.2) is 5.96 Å². The number of rotatable bonds is 7. The maximum atomic E-state index is 14.2. The Morgan fingerprint density at radius 1 is 1.25 bits per heavy atom. The summed E-state index contributed by atoms with van der Waals surface area (Å²) in [5.74, 6) is -0.255. The first-order chi connectivity index (χ1) is 12.9. The second-order valence-electron chi connectivity index (χ2n) is 7.15. The van der Waals surface area contributed by atoms with Crippen molar-refractivity contribution >= 4 is 29.9 Å². The molecule has 0 saturated carbocycles. The van der Waals surface area contributed by atoms with E-state index in [0.29, 0.717) is 12.6 Å². The zero-order chi connectivity index (χ0) is 20.0. The van der Waals surface area contributed by atoms with Crippen molar-refractivity contribution in [3.8, 4) is 0 Å². The van der Waals surface area contributed by atoms with Gasteiger partial charge in [0.2, 0.25) is 0 Å². The number of benzene rings is 1. The van der Waals surface area contributed by atoms with E-state index in [2.05, 4.69) is 34.0 Å². The predicted octanol–water partition coefficient (Wildman–Crippen LogP) is 3.18. The van der Waals surface area contributed by atoms with E-state index < -0.39 is 17.7 Å². The molecule has 2 atom stereocenters. The van der Waals surface area contributed by atoms with Gasteiger partial charge in [0.1, 0.15) is 11.6 Å². The van der Waals surface area contributed by atoms with Crippen molar-refractivity contribution in [1.82, 2.24) is 20.0 Å². The van der Waals surface area contributed by atoms with Crippen LogP contribution < -0.4 is 5.32 Å². The van der Waals surface area contributed by atoms with Gasteiger partial charge in [-0.1, -0.05) is 19.9 Å². The van der Waals surface area contributed by atoms with Crippen LogP contribution in [0, 0.1) is 11.6 Å². The third-order valence-corrected chi connectivity index (χ3v) is 5.41. The summed E-state index contributed by atoms with van der Waals surface area (Å²) in [6, 6.07) is 4.10. The highest BCUT2D eigenvalue weighted by Gasteiger charge is 2.29. The Hall–Kier alpha value is -1.000. The van der Waals surface area contributed by atoms with Crippen LogP contribution in [-0.4, -0.2) is 80.6 Å². The third-order valence-electron chi connectivity index (χ3n) is 5.41. The first kappa shape index (κ1) is 25.0. The van der Waals surface area contributed by atoms with Crippen LogP contribution >= 0.6 is 24.0 Å². The highest BCUT2D eigenvalue weighted by molar-refractivity contribution is 14.0. The maximum Gasteiger partial charge on any atom is 0.193 e. The van der Waals surface area contributed by atoms with Crippen LogP contribution in [-0.2, 0) is 0 Å². The molecule has 160 valence electrons. The fourth-order valence-corrected chi connectivity index (χ4v) is 3.86. The minimum absolute atomic E-state index is 0. The van der Waals surface area contributed by atoms with Crippen LogP contribution in [0.5, 0.6) is 0 Å². The van der Waals surface area contributed by atoms with Gasteiger partial charge in [0, 0.05) is 38.3 Å². The molecule has 2 rings (SSSR count). The molecule has 0 bridgehead atoms. The highest BCUT2D eigenvalue weighted by Crippen LogP contribution is 2.24. The Kier molecular flexibility index (Phi) is 10.6. The molecular weight excluding hydrogens is 475 g/mol. The summed E-state index contributed by atoms with van der Waals surface area (Å²) < 4.78 is 28.5. The SMILES string of the molecule is CCN(CC)C1CCN(C(=NC)NCC(c2c(F)cccc2F)N(C)C)C1.I. The third kappa shape index (κ3) is 6.00. The molecule has 0 aromatic heterocycles. The number of likely N-dealkylation sites (tertiary alicyclic amines) is 1. The Labute approximate surface area is 185 Å². The van der Waals surface area contributed by atoms with Crippen molar-refractivity contribution in [2.24, 2.45) is 4.99 Å². The van der Waals surface area contributed by atoms with E-state index in [1.54, 1.807) is 7.05 Å². The van der Waals surface area contributed by atoms with E-state index in [4.69, 9.17) is 0 Å². The topological polar surface area (TPSA) is 34.1 Å². The van der Waals surface area contributed by atoms with Crippen molar-refractivity contribution in [3.05, 3.63) is 35.4 Å². The molecule has 0 aliphatic carbocycles. The molecule has 1 N–H and O–H groups in total. The number of hydrogen-bond acceptors (Lipinski definition) is 3. The summed E-state index contributed by atoms with van der Waals surface area (Å²) in [7, 11) is 5.40. The van der Waals surface area contributed by atoms with Gasteiger partial charge in [-0.3, -0.25) is 9.89 Å². The van der Waals surface area contributed by atoms with Gasteiger partial charge in [-0.25, -0.2) is 8.78 Å². The zero-order valence-electron chi connectivity index (χ0n) is 17.6. The van der Waals surface area contributed by atoms with Crippen molar-refractivity contribution in [3.63, 3.8) is 0 Å². The van der Waals surface area contributed by atoms with Gasteiger partial charge in [-0.15, -0.1) is 24.0 Å². The number of guanidine groups is 1. The maximum absolute atomic E-state index is 14.2. The Bertz CT molecular complexity index is 617. The average molecular weight is 509 g/mol. The van der Waals surface area contributed by atoms with Gasteiger partial charge < -0.3 is 15.1 Å². The van der Waals surface area contributed by atoms with E-state index in [9.17, 15) is 8.78 Å². The molecule has 0 amide bonds. The normalized spacial score (nSPS) is 18.5. The number of nitrogens with one attached hydrogen (secondary N) is 1. The quantitative estimate of drug-likeness (QED) is 0.348. The van der Waals surface area contributed by atoms with E-state index in [1.807, 2.05) is 19.0 Å². The molecule has 28 heavy (non-hydrogen) atoms. The summed E-state index contributed by atoms with van der Waals surface area (Å²) in [6.45, 7) is 8.67. The first-order valence-electron chi connectivity index (χ1n) is 9.72. The van der Waals surface area contributed by atoms with Gasteiger partial charge >= 0.3 is 0 Å². The van der Waals surface area contributed by atoms with Crippen molar-refractivity contribution in [1.29, 1.82) is 0 Å². The van der Waals surface area contributed by atoms with Crippen LogP contribution in [0.1, 0.15) is 31.9 Å². The van der Waals surface area contributed by atoms with Crippen LogP contribution in [0.4, 0.5) is 8.78 Å². The Balaban J connectivity index is 0.00000392. The molecule has 2 unspecified atom stereocenters. The average Bonchev–Trinajstić information content (AvgIpc) is 3.11. The van der Waals surface area contributed by atoms with Crippen LogP contribution in [0.15, 0.2) is 23.2 Å². The van der Waals surface area contributed by atoms with Crippen LogP contribution in [0.3, 0.4) is 0 Å². The number of halogens is 3. The lowest BCUT2D eigenvalue weighted by Gasteiger charge is -2.30. The van der Waals surface area contributed by atoms with Crippen molar-refractivity contribution in [2.45, 2.75) is 32.4 Å². The zero-order valence-corrected chi connectivity index (χ0v) is 19.9. The van der Waals surface area contributed by atoms with E-state index in [0.717, 1.165) is 38.6 Å². The fraction of sp³-hybridized carbons (Fsp3) is 0.650. The molecule has 1 fully saturated rings. The molecule has 0 radical (unpaired) electrons. The molecule has 1 heterocycles. The largest absolute Gasteiger partial charge is 0.354 e. The monoisotopic (exact) mass is 509 g/mol. The summed E-state index contributed by atoms with van der Waals surface area (Å²) in [4.78, 5) is 10.9. The summed E-state index contributed by atoms with van der Waals surface area (Å²) in [6.07, 6.45) is 1.10. The second-order valence-corrected chi connectivity index (χ2v) is 7.15. The molecule has 1 aromatic rings. The molecule has 1 saturated heterocycles. The number of aliphatic imine (C=N–C) groups is 1. The Morgan fingerprint density at radius 3 is 2.36 bits per heavy atom. The molecule has 1 aliphatic heterocycles. The van der Waals surface area contributed by atoms with Crippen molar-refractivity contribution in [2.75, 3.05) is 53.9 Å². The van der Waals surface area contributed by atoms with E-state index in [1.165, 1.54) is 18.2 Å². The van der Waals surface area contributed by atoms with Gasteiger partial charge in [-0.2, -0.15) is 0 Å². The number of nitrogens with zero attached hydrogens (tertiary/aromatic N) is 4. The fourth-order valence-electron chi connectivity index (χ4n) is 3.86. The van der Waals surface area contributed by atoms with Gasteiger partial charge in [0.25, 0.3) is 0 Å². The van der Waals surface area contributed by atoms with E-state index >= 15 is 0 Å². The second kappa shape index (κ2) is 11.9. The Morgan fingerprint density at radius 2 is 1.86 bits per heavy atom. The molecule has 8 heteroatoms.